The van der Waals surface area contributed by atoms with Gasteiger partial charge in [-0.1, -0.05) is 12.1 Å². The van der Waals surface area contributed by atoms with E-state index in [2.05, 4.69) is 4.72 Å². The topological polar surface area (TPSA) is 72.5 Å². The van der Waals surface area contributed by atoms with Crippen LogP contribution in [-0.4, -0.2) is 21.3 Å². The number of ether oxygens (including phenoxy) is 1. The number of carbonyl (C=O) groups is 1. The molecule has 0 unspecified atom stereocenters. The Kier molecular flexibility index (Phi) is 4.75. The SMILES string of the molecule is COc1cc(C)c(S(=O)(=O)Nc2cccc(C(C)=O)c2)c(C)c1. The van der Waals surface area contributed by atoms with Gasteiger partial charge in [-0.15, -0.1) is 0 Å². The van der Waals surface area contributed by atoms with Crippen LogP contribution in [0.2, 0.25) is 0 Å². The number of ketones is 1. The molecule has 0 heterocycles. The molecule has 5 nitrogen and oxygen atoms in total. The predicted octanol–water partition coefficient (Wildman–Crippen LogP) is 3.32. The molecule has 0 atom stereocenters. The number of methoxy groups -OCH3 is 1. The number of carbonyl (C=O) groups excluding carboxylic acids is 1. The minimum absolute atomic E-state index is 0.122. The van der Waals surface area contributed by atoms with Gasteiger partial charge in [-0.05, 0) is 56.2 Å². The Bertz CT molecular complexity index is 834. The Labute approximate surface area is 136 Å². The van der Waals surface area contributed by atoms with Crippen molar-refractivity contribution in [2.75, 3.05) is 11.8 Å². The molecule has 0 spiro atoms. The van der Waals surface area contributed by atoms with Gasteiger partial charge in [0.2, 0.25) is 0 Å². The number of rotatable bonds is 5. The van der Waals surface area contributed by atoms with Crippen LogP contribution in [0.1, 0.15) is 28.4 Å². The summed E-state index contributed by atoms with van der Waals surface area (Å²) in [5.74, 6) is 0.486. The summed E-state index contributed by atoms with van der Waals surface area (Å²) in [6, 6.07) is 9.76. The van der Waals surface area contributed by atoms with Crippen molar-refractivity contribution in [3.8, 4) is 5.75 Å². The van der Waals surface area contributed by atoms with Gasteiger partial charge in [-0.3, -0.25) is 9.52 Å². The Morgan fingerprint density at radius 2 is 1.70 bits per heavy atom. The molecule has 0 aliphatic carbocycles. The van der Waals surface area contributed by atoms with Crippen molar-refractivity contribution in [3.05, 3.63) is 53.1 Å². The highest BCUT2D eigenvalue weighted by atomic mass is 32.2. The van der Waals surface area contributed by atoms with E-state index in [1.54, 1.807) is 44.2 Å². The second-order valence-corrected chi connectivity index (χ2v) is 6.95. The number of Topliss-reactive ketones (excluding diaryl/α,β-unsaturated/α-hetero) is 1. The van der Waals surface area contributed by atoms with E-state index in [0.29, 0.717) is 28.1 Å². The van der Waals surface area contributed by atoms with Crippen LogP contribution in [0, 0.1) is 13.8 Å². The van der Waals surface area contributed by atoms with Gasteiger partial charge in [-0.2, -0.15) is 0 Å². The largest absolute Gasteiger partial charge is 0.497 e. The van der Waals surface area contributed by atoms with Gasteiger partial charge >= 0.3 is 0 Å². The molecule has 0 amide bonds. The third kappa shape index (κ3) is 3.71. The predicted molar refractivity (Wildman–Crippen MR) is 89.7 cm³/mol. The fraction of sp³-hybridized carbons (Fsp3) is 0.235. The summed E-state index contributed by atoms with van der Waals surface area (Å²) < 4.78 is 33.1. The highest BCUT2D eigenvalue weighted by Gasteiger charge is 2.21. The number of hydrogen-bond donors (Lipinski definition) is 1. The average molecular weight is 333 g/mol. The Morgan fingerprint density at radius 1 is 1.09 bits per heavy atom. The Morgan fingerprint density at radius 3 is 2.22 bits per heavy atom. The summed E-state index contributed by atoms with van der Waals surface area (Å²) in [5.41, 5.74) is 2.00. The van der Waals surface area contributed by atoms with Crippen molar-refractivity contribution in [1.82, 2.24) is 0 Å². The first-order chi connectivity index (χ1) is 10.7. The summed E-state index contributed by atoms with van der Waals surface area (Å²) in [6.07, 6.45) is 0. The van der Waals surface area contributed by atoms with Gasteiger partial charge in [0.05, 0.1) is 12.0 Å². The van der Waals surface area contributed by atoms with Crippen molar-refractivity contribution in [1.29, 1.82) is 0 Å². The fourth-order valence-electron chi connectivity index (χ4n) is 2.46. The lowest BCUT2D eigenvalue weighted by Gasteiger charge is -2.14. The van der Waals surface area contributed by atoms with Crippen molar-refractivity contribution in [2.45, 2.75) is 25.7 Å². The van der Waals surface area contributed by atoms with E-state index in [-0.39, 0.29) is 10.7 Å². The van der Waals surface area contributed by atoms with Gasteiger partial charge in [0.15, 0.2) is 5.78 Å². The van der Waals surface area contributed by atoms with E-state index in [9.17, 15) is 13.2 Å². The summed E-state index contributed by atoms with van der Waals surface area (Å²) in [5, 5.41) is 0. The van der Waals surface area contributed by atoms with Crippen LogP contribution in [0.3, 0.4) is 0 Å². The number of sulfonamides is 1. The van der Waals surface area contributed by atoms with Gasteiger partial charge in [-0.25, -0.2) is 8.42 Å². The molecular formula is C17H19NO4S. The molecule has 0 bridgehead atoms. The molecule has 0 saturated heterocycles. The molecule has 2 aromatic carbocycles. The van der Waals surface area contributed by atoms with Gasteiger partial charge in [0.1, 0.15) is 5.75 Å². The lowest BCUT2D eigenvalue weighted by atomic mass is 10.1. The van der Waals surface area contributed by atoms with Crippen LogP contribution in [0.4, 0.5) is 5.69 Å². The third-order valence-electron chi connectivity index (χ3n) is 3.46. The molecule has 1 N–H and O–H groups in total. The van der Waals surface area contributed by atoms with Crippen LogP contribution in [0.5, 0.6) is 5.75 Å². The molecule has 2 rings (SSSR count). The second-order valence-electron chi connectivity index (χ2n) is 5.33. The van der Waals surface area contributed by atoms with E-state index in [4.69, 9.17) is 4.74 Å². The molecule has 0 radical (unpaired) electrons. The maximum absolute atomic E-state index is 12.7. The highest BCUT2D eigenvalue weighted by molar-refractivity contribution is 7.92. The molecule has 0 aromatic heterocycles. The van der Waals surface area contributed by atoms with E-state index in [1.165, 1.54) is 20.1 Å². The lowest BCUT2D eigenvalue weighted by molar-refractivity contribution is 0.101. The minimum atomic E-state index is -3.76. The Balaban J connectivity index is 2.44. The summed E-state index contributed by atoms with van der Waals surface area (Å²) >= 11 is 0. The number of aryl methyl sites for hydroxylation is 2. The maximum atomic E-state index is 12.7. The molecule has 0 saturated carbocycles. The minimum Gasteiger partial charge on any atom is -0.497 e. The van der Waals surface area contributed by atoms with E-state index in [0.717, 1.165) is 0 Å². The fourth-order valence-corrected chi connectivity index (χ4v) is 3.97. The zero-order valence-electron chi connectivity index (χ0n) is 13.5. The van der Waals surface area contributed by atoms with Crippen LogP contribution >= 0.6 is 0 Å². The van der Waals surface area contributed by atoms with Gasteiger partial charge in [0.25, 0.3) is 10.0 Å². The molecule has 0 aliphatic rings. The third-order valence-corrected chi connectivity index (χ3v) is 5.15. The first-order valence-corrected chi connectivity index (χ1v) is 8.52. The van der Waals surface area contributed by atoms with Crippen LogP contribution < -0.4 is 9.46 Å². The smallest absolute Gasteiger partial charge is 0.262 e. The van der Waals surface area contributed by atoms with Crippen molar-refractivity contribution in [3.63, 3.8) is 0 Å². The lowest BCUT2D eigenvalue weighted by Crippen LogP contribution is -2.16. The molecule has 0 fully saturated rings. The van der Waals surface area contributed by atoms with E-state index in [1.807, 2.05) is 0 Å². The molecule has 122 valence electrons. The van der Waals surface area contributed by atoms with Crippen LogP contribution in [0.15, 0.2) is 41.3 Å². The zero-order valence-corrected chi connectivity index (χ0v) is 14.3. The number of anilines is 1. The summed E-state index contributed by atoms with van der Waals surface area (Å²) in [4.78, 5) is 11.6. The maximum Gasteiger partial charge on any atom is 0.262 e. The molecule has 6 heteroatoms. The van der Waals surface area contributed by atoms with Crippen molar-refractivity contribution >= 4 is 21.5 Å². The van der Waals surface area contributed by atoms with E-state index >= 15 is 0 Å². The molecule has 2 aromatic rings. The number of nitrogens with one attached hydrogen (secondary N) is 1. The molecule has 23 heavy (non-hydrogen) atoms. The molecule has 0 aliphatic heterocycles. The van der Waals surface area contributed by atoms with E-state index < -0.39 is 10.0 Å². The number of hydrogen-bond acceptors (Lipinski definition) is 4. The quantitative estimate of drug-likeness (QED) is 0.852. The zero-order chi connectivity index (χ0) is 17.2. The second kappa shape index (κ2) is 6.42. The summed E-state index contributed by atoms with van der Waals surface area (Å²) in [6.45, 7) is 4.87. The normalized spacial score (nSPS) is 11.1. The number of benzene rings is 2. The summed E-state index contributed by atoms with van der Waals surface area (Å²) in [7, 11) is -2.22. The highest BCUT2D eigenvalue weighted by Crippen LogP contribution is 2.27. The van der Waals surface area contributed by atoms with Crippen molar-refractivity contribution in [2.24, 2.45) is 0 Å². The Hall–Kier alpha value is -2.34. The van der Waals surface area contributed by atoms with Crippen molar-refractivity contribution < 1.29 is 17.9 Å². The first kappa shape index (κ1) is 17.0. The first-order valence-electron chi connectivity index (χ1n) is 7.03. The van der Waals surface area contributed by atoms with Gasteiger partial charge in [0, 0.05) is 11.3 Å². The monoisotopic (exact) mass is 333 g/mol. The van der Waals surface area contributed by atoms with Gasteiger partial charge < -0.3 is 4.74 Å². The standard InChI is InChI=1S/C17H19NO4S/c1-11-8-16(22-4)9-12(2)17(11)23(20,21)18-15-7-5-6-14(10-15)13(3)19/h5-10,18H,1-4H3. The van der Waals surface area contributed by atoms with Crippen LogP contribution in [0.25, 0.3) is 0 Å². The molecular weight excluding hydrogens is 314 g/mol. The van der Waals surface area contributed by atoms with Crippen LogP contribution in [-0.2, 0) is 10.0 Å². The average Bonchev–Trinajstić information content (AvgIpc) is 2.45.